The molecule has 0 spiro atoms. The van der Waals surface area contributed by atoms with Crippen molar-refractivity contribution in [1.29, 1.82) is 5.26 Å². The van der Waals surface area contributed by atoms with Crippen LogP contribution in [0, 0.1) is 31.9 Å². The lowest BCUT2D eigenvalue weighted by Gasteiger charge is -2.15. The van der Waals surface area contributed by atoms with Crippen molar-refractivity contribution in [2.45, 2.75) is 20.6 Å². The Morgan fingerprint density at radius 3 is 2.68 bits per heavy atom. The Kier molecular flexibility index (Phi) is 1.52. The number of rotatable bonds is 2. The van der Waals surface area contributed by atoms with E-state index < -0.39 is 55.3 Å². The topological polar surface area (TPSA) is 41.6 Å². The number of aromatic nitrogens is 2. The van der Waals surface area contributed by atoms with Gasteiger partial charge in [0, 0.05) is 30.2 Å². The molecule has 0 aliphatic carbocycles. The maximum atomic E-state index is 9.21. The highest BCUT2D eigenvalue weighted by atomic mass is 15.1. The summed E-state index contributed by atoms with van der Waals surface area (Å²) in [6.07, 6.45) is -1.15. The summed E-state index contributed by atoms with van der Waals surface area (Å²) in [5, 5.41) is 9.21. The van der Waals surface area contributed by atoms with Crippen molar-refractivity contribution in [1.82, 2.24) is 9.55 Å². The molecule has 0 bridgehead atoms. The first kappa shape index (κ1) is 6.10. The predicted molar refractivity (Wildman–Crippen MR) is 87.9 cm³/mol. The van der Waals surface area contributed by atoms with Crippen molar-refractivity contribution in [3.05, 3.63) is 71.0 Å². The van der Waals surface area contributed by atoms with Gasteiger partial charge in [-0.15, -0.1) is 0 Å². The third-order valence-electron chi connectivity index (χ3n) is 3.12. The largest absolute Gasteiger partial charge is 0.299 e. The molecule has 0 N–H and O–H groups in total. The second-order valence-corrected chi connectivity index (χ2v) is 4.61. The van der Waals surface area contributed by atoms with E-state index in [0.717, 1.165) is 16.7 Å². The van der Waals surface area contributed by atoms with Crippen molar-refractivity contribution in [3.8, 4) is 23.1 Å². The highest BCUT2D eigenvalue weighted by Gasteiger charge is 2.12. The van der Waals surface area contributed by atoms with Gasteiger partial charge in [0.1, 0.15) is 5.82 Å². The van der Waals surface area contributed by atoms with E-state index in [-0.39, 0.29) is 17.0 Å². The number of imidazole rings is 1. The van der Waals surface area contributed by atoms with E-state index in [1.54, 1.807) is 0 Å². The van der Waals surface area contributed by atoms with Crippen molar-refractivity contribution in [2.75, 3.05) is 0 Å². The number of aryl methyl sites for hydroxylation is 3. The highest BCUT2D eigenvalue weighted by Crippen LogP contribution is 2.27. The fourth-order valence-corrected chi connectivity index (χ4v) is 2.19. The third-order valence-corrected chi connectivity index (χ3v) is 3.12. The van der Waals surface area contributed by atoms with Crippen molar-refractivity contribution < 1.29 is 15.1 Å². The third kappa shape index (κ3) is 2.40. The Morgan fingerprint density at radius 1 is 1.18 bits per heavy atom. The molecule has 0 aliphatic rings. The fraction of sp³-hybridized carbons (Fsp3) is 0.158. The molecule has 0 unspecified atom stereocenters. The van der Waals surface area contributed by atoms with Gasteiger partial charge in [-0.1, -0.05) is 29.8 Å². The van der Waals surface area contributed by atoms with E-state index in [2.05, 4.69) is 4.98 Å². The minimum absolute atomic E-state index is 0.125. The lowest BCUT2D eigenvalue weighted by atomic mass is 10.0. The summed E-state index contributed by atoms with van der Waals surface area (Å²) in [6.45, 7) is -8.70. The molecule has 0 aliphatic heterocycles. The van der Waals surface area contributed by atoms with E-state index in [1.807, 2.05) is 6.07 Å². The van der Waals surface area contributed by atoms with Crippen LogP contribution in [0.1, 0.15) is 37.3 Å². The lowest BCUT2D eigenvalue weighted by molar-refractivity contribution is 1.03. The van der Waals surface area contributed by atoms with Gasteiger partial charge in [0.05, 0.1) is 20.1 Å². The molecule has 3 aromatic rings. The molecule has 0 saturated carbocycles. The summed E-state index contributed by atoms with van der Waals surface area (Å²) >= 11 is 0. The monoisotopic (exact) mass is 298 g/mol. The Hall–Kier alpha value is -2.86. The Morgan fingerprint density at radius 2 is 2.00 bits per heavy atom. The zero-order valence-electron chi connectivity index (χ0n) is 22.3. The van der Waals surface area contributed by atoms with Crippen LogP contribution in [0.25, 0.3) is 17.1 Å². The SMILES string of the molecule is [2H]c1nc(-c2cccc(C#N)c2)n(-c2c(C([2H])([2H])[2H])cc(C([2H])([2H])[2H])cc2C([2H])([2H])[2H])c1[2H]. The van der Waals surface area contributed by atoms with Crippen LogP contribution in [0.2, 0.25) is 0 Å². The molecule has 1 heterocycles. The average molecular weight is 298 g/mol. The second-order valence-electron chi connectivity index (χ2n) is 4.61. The summed E-state index contributed by atoms with van der Waals surface area (Å²) in [6, 6.07) is 9.64. The molecule has 3 heteroatoms. The first-order valence-corrected chi connectivity index (χ1v) is 6.32. The van der Waals surface area contributed by atoms with Gasteiger partial charge in [-0.25, -0.2) is 4.98 Å². The summed E-state index contributed by atoms with van der Waals surface area (Å²) < 4.78 is 88.1. The van der Waals surface area contributed by atoms with Gasteiger partial charge in [0.15, 0.2) is 0 Å². The number of nitrogens with zero attached hydrogens (tertiary/aromatic N) is 3. The number of hydrogen-bond acceptors (Lipinski definition) is 2. The van der Waals surface area contributed by atoms with Crippen LogP contribution in [0.15, 0.2) is 48.7 Å². The molecule has 108 valence electrons. The van der Waals surface area contributed by atoms with Crippen LogP contribution < -0.4 is 0 Å². The molecule has 0 amide bonds. The van der Waals surface area contributed by atoms with Gasteiger partial charge < -0.3 is 0 Å². The zero-order valence-corrected chi connectivity index (χ0v) is 11.3. The van der Waals surface area contributed by atoms with Gasteiger partial charge in [-0.2, -0.15) is 5.26 Å². The zero-order chi connectivity index (χ0) is 24.9. The normalized spacial score (nSPS) is 19.5. The van der Waals surface area contributed by atoms with E-state index in [0.29, 0.717) is 0 Å². The molecule has 0 atom stereocenters. The molecular formula is C19H17N3. The van der Waals surface area contributed by atoms with E-state index in [9.17, 15) is 5.26 Å². The lowest BCUT2D eigenvalue weighted by Crippen LogP contribution is -2.02. The number of hydrogen-bond donors (Lipinski definition) is 0. The first-order valence-electron chi connectivity index (χ1n) is 11.8. The van der Waals surface area contributed by atoms with Gasteiger partial charge in [-0.3, -0.25) is 4.57 Å². The van der Waals surface area contributed by atoms with Crippen LogP contribution in [0.4, 0.5) is 0 Å². The van der Waals surface area contributed by atoms with Crippen LogP contribution in [0.3, 0.4) is 0 Å². The quantitative estimate of drug-likeness (QED) is 0.706. The fourth-order valence-electron chi connectivity index (χ4n) is 2.19. The Labute approximate surface area is 145 Å². The van der Waals surface area contributed by atoms with E-state index >= 15 is 0 Å². The maximum absolute atomic E-state index is 9.21. The number of benzene rings is 2. The molecule has 22 heavy (non-hydrogen) atoms. The summed E-state index contributed by atoms with van der Waals surface area (Å²) in [5.74, 6) is -0.125. The highest BCUT2D eigenvalue weighted by molar-refractivity contribution is 5.63. The van der Waals surface area contributed by atoms with E-state index in [4.69, 9.17) is 15.1 Å². The number of nitriles is 1. The van der Waals surface area contributed by atoms with Gasteiger partial charge >= 0.3 is 0 Å². The Balaban J connectivity index is 2.53. The van der Waals surface area contributed by atoms with Crippen molar-refractivity contribution in [2.24, 2.45) is 0 Å². The molecule has 0 radical (unpaired) electrons. The van der Waals surface area contributed by atoms with Crippen molar-refractivity contribution in [3.63, 3.8) is 0 Å². The molecular weight excluding hydrogens is 270 g/mol. The van der Waals surface area contributed by atoms with E-state index in [1.165, 1.54) is 24.3 Å². The summed E-state index contributed by atoms with van der Waals surface area (Å²) in [4.78, 5) is 4.00. The molecule has 0 fully saturated rings. The molecule has 3 nitrogen and oxygen atoms in total. The standard InChI is InChI=1S/C19H17N3/c1-13-9-14(2)18(15(3)10-13)22-8-7-21-19(22)17-6-4-5-16(11-17)12-20/h4-11H,1-3H3/i1D3,2D3,3D3,7D,8D. The molecule has 1 aromatic heterocycles. The minimum atomic E-state index is -2.96. The molecule has 3 rings (SSSR count). The minimum Gasteiger partial charge on any atom is -0.299 e. The summed E-state index contributed by atoms with van der Waals surface area (Å²) in [5.41, 5.74) is -1.68. The smallest absolute Gasteiger partial charge is 0.144 e. The van der Waals surface area contributed by atoms with Crippen LogP contribution in [-0.4, -0.2) is 9.55 Å². The van der Waals surface area contributed by atoms with Gasteiger partial charge in [0.2, 0.25) is 0 Å². The predicted octanol–water partition coefficient (Wildman–Crippen LogP) is 4.34. The average Bonchev–Trinajstić information content (AvgIpc) is 2.99. The van der Waals surface area contributed by atoms with Crippen LogP contribution >= 0.6 is 0 Å². The van der Waals surface area contributed by atoms with Crippen molar-refractivity contribution >= 4 is 0 Å². The van der Waals surface area contributed by atoms with Crippen LogP contribution in [0.5, 0.6) is 0 Å². The van der Waals surface area contributed by atoms with Crippen LogP contribution in [-0.2, 0) is 0 Å². The Bertz CT molecular complexity index is 1220. The molecule has 2 aromatic carbocycles. The van der Waals surface area contributed by atoms with Gasteiger partial charge in [0.25, 0.3) is 0 Å². The second kappa shape index (κ2) is 5.50. The molecule has 0 saturated heterocycles. The van der Waals surface area contributed by atoms with Gasteiger partial charge in [-0.05, 0) is 43.8 Å². The maximum Gasteiger partial charge on any atom is 0.144 e. The summed E-state index contributed by atoms with van der Waals surface area (Å²) in [7, 11) is 0. The first-order chi connectivity index (χ1) is 15.1.